The first-order valence-corrected chi connectivity index (χ1v) is 8.67. The number of urea groups is 1. The molecule has 0 aliphatic carbocycles. The van der Waals surface area contributed by atoms with Crippen LogP contribution in [0, 0.1) is 5.92 Å². The number of carbonyl (C=O) groups is 2. The maximum Gasteiger partial charge on any atom is 0.317 e. The molecule has 3 rings (SSSR count). The lowest BCUT2D eigenvalue weighted by Crippen LogP contribution is -2.39. The van der Waals surface area contributed by atoms with Crippen molar-refractivity contribution in [2.75, 3.05) is 19.6 Å². The molecule has 0 spiro atoms. The maximum absolute atomic E-state index is 12.5. The molecule has 0 saturated carbocycles. The van der Waals surface area contributed by atoms with Crippen molar-refractivity contribution in [1.29, 1.82) is 0 Å². The largest absolute Gasteiger partial charge is 0.481 e. The zero-order chi connectivity index (χ0) is 18.5. The zero-order valence-corrected chi connectivity index (χ0v) is 14.7. The summed E-state index contributed by atoms with van der Waals surface area (Å²) in [7, 11) is 1.77. The number of rotatable bonds is 6. The molecule has 1 aliphatic heterocycles. The highest BCUT2D eigenvalue weighted by Gasteiger charge is 2.38. The Morgan fingerprint density at radius 1 is 1.27 bits per heavy atom. The van der Waals surface area contributed by atoms with Gasteiger partial charge in [0.05, 0.1) is 12.1 Å². The number of hydrogen-bond acceptors (Lipinski definition) is 4. The Bertz CT molecular complexity index is 761. The molecule has 8 nitrogen and oxygen atoms in total. The Labute approximate surface area is 151 Å². The van der Waals surface area contributed by atoms with Gasteiger partial charge in [0, 0.05) is 38.8 Å². The fourth-order valence-electron chi connectivity index (χ4n) is 3.41. The molecular formula is C18H23N5O3. The van der Waals surface area contributed by atoms with Crippen LogP contribution in [0.4, 0.5) is 4.79 Å². The van der Waals surface area contributed by atoms with E-state index in [9.17, 15) is 14.7 Å². The van der Waals surface area contributed by atoms with Crippen molar-refractivity contribution < 1.29 is 14.7 Å². The number of aliphatic carboxylic acids is 1. The minimum atomic E-state index is -0.866. The van der Waals surface area contributed by atoms with Crippen molar-refractivity contribution in [3.63, 3.8) is 0 Å². The second-order valence-corrected chi connectivity index (χ2v) is 6.65. The molecular weight excluding hydrogens is 334 g/mol. The van der Waals surface area contributed by atoms with Crippen molar-refractivity contribution in [2.45, 2.75) is 18.8 Å². The van der Waals surface area contributed by atoms with Crippen molar-refractivity contribution in [1.82, 2.24) is 25.2 Å². The topological polar surface area (TPSA) is 100 Å². The fourth-order valence-corrected chi connectivity index (χ4v) is 3.41. The molecule has 0 bridgehead atoms. The van der Waals surface area contributed by atoms with E-state index < -0.39 is 5.97 Å². The van der Waals surface area contributed by atoms with Crippen LogP contribution >= 0.6 is 0 Å². The van der Waals surface area contributed by atoms with Crippen molar-refractivity contribution in [2.24, 2.45) is 13.0 Å². The van der Waals surface area contributed by atoms with Gasteiger partial charge in [0.25, 0.3) is 0 Å². The molecule has 1 saturated heterocycles. The Hall–Kier alpha value is -2.90. The third-order valence-electron chi connectivity index (χ3n) is 4.70. The molecule has 0 radical (unpaired) electrons. The summed E-state index contributed by atoms with van der Waals surface area (Å²) in [5, 5.41) is 20.1. The molecule has 2 N–H and O–H groups in total. The van der Waals surface area contributed by atoms with Crippen LogP contribution in [0.1, 0.15) is 23.6 Å². The van der Waals surface area contributed by atoms with Crippen LogP contribution in [0.2, 0.25) is 0 Å². The number of carboxylic acid groups (broad SMARTS) is 1. The smallest absolute Gasteiger partial charge is 0.317 e. The first-order valence-electron chi connectivity index (χ1n) is 8.67. The molecule has 2 heterocycles. The van der Waals surface area contributed by atoms with Crippen LogP contribution in [-0.4, -0.2) is 56.6 Å². The summed E-state index contributed by atoms with van der Waals surface area (Å²) in [6.45, 7) is 1.40. The third-order valence-corrected chi connectivity index (χ3v) is 4.70. The summed E-state index contributed by atoms with van der Waals surface area (Å²) >= 11 is 0. The number of aryl methyl sites for hydroxylation is 1. The Morgan fingerprint density at radius 3 is 2.69 bits per heavy atom. The summed E-state index contributed by atoms with van der Waals surface area (Å²) < 4.78 is 1.59. The quantitative estimate of drug-likeness (QED) is 0.811. The highest BCUT2D eigenvalue weighted by molar-refractivity contribution is 5.75. The van der Waals surface area contributed by atoms with E-state index in [1.807, 2.05) is 30.3 Å². The second-order valence-electron chi connectivity index (χ2n) is 6.65. The fraction of sp³-hybridized carbons (Fsp3) is 0.444. The number of nitrogens with one attached hydrogen (secondary N) is 1. The van der Waals surface area contributed by atoms with E-state index in [0.29, 0.717) is 19.6 Å². The van der Waals surface area contributed by atoms with Gasteiger partial charge in [0.15, 0.2) is 0 Å². The number of aromatic nitrogens is 3. The summed E-state index contributed by atoms with van der Waals surface area (Å²) in [5.41, 5.74) is 1.90. The average molecular weight is 357 g/mol. The van der Waals surface area contributed by atoms with E-state index in [4.69, 9.17) is 0 Å². The predicted molar refractivity (Wildman–Crippen MR) is 94.6 cm³/mol. The molecule has 1 aliphatic rings. The number of carboxylic acids is 1. The normalized spacial score (nSPS) is 19.5. The lowest BCUT2D eigenvalue weighted by Gasteiger charge is -2.17. The van der Waals surface area contributed by atoms with Gasteiger partial charge in [-0.2, -0.15) is 0 Å². The summed E-state index contributed by atoms with van der Waals surface area (Å²) in [5.74, 6) is -1.14. The number of benzene rings is 1. The van der Waals surface area contributed by atoms with E-state index in [2.05, 4.69) is 15.6 Å². The minimum Gasteiger partial charge on any atom is -0.481 e. The zero-order valence-electron chi connectivity index (χ0n) is 14.7. The second kappa shape index (κ2) is 7.99. The molecule has 8 heteroatoms. The van der Waals surface area contributed by atoms with Gasteiger partial charge in [0.1, 0.15) is 0 Å². The molecule has 0 unspecified atom stereocenters. The molecule has 2 aromatic rings. The van der Waals surface area contributed by atoms with Crippen LogP contribution in [0.5, 0.6) is 0 Å². The Morgan fingerprint density at radius 2 is 2.04 bits per heavy atom. The highest BCUT2D eigenvalue weighted by atomic mass is 16.4. The van der Waals surface area contributed by atoms with Crippen LogP contribution in [0.15, 0.2) is 36.5 Å². The lowest BCUT2D eigenvalue weighted by atomic mass is 9.91. The van der Waals surface area contributed by atoms with Gasteiger partial charge >= 0.3 is 12.0 Å². The van der Waals surface area contributed by atoms with Gasteiger partial charge in [-0.25, -0.2) is 4.79 Å². The summed E-state index contributed by atoms with van der Waals surface area (Å²) in [6, 6.07) is 9.79. The van der Waals surface area contributed by atoms with Crippen LogP contribution in [-0.2, 0) is 18.3 Å². The van der Waals surface area contributed by atoms with Crippen molar-refractivity contribution >= 4 is 12.0 Å². The maximum atomic E-state index is 12.5. The lowest BCUT2D eigenvalue weighted by molar-refractivity contribution is -0.138. The van der Waals surface area contributed by atoms with E-state index >= 15 is 0 Å². The van der Waals surface area contributed by atoms with Gasteiger partial charge in [0.2, 0.25) is 0 Å². The van der Waals surface area contributed by atoms with Gasteiger partial charge < -0.3 is 15.3 Å². The number of likely N-dealkylation sites (tertiary alicyclic amines) is 1. The molecule has 1 aromatic heterocycles. The molecule has 26 heavy (non-hydrogen) atoms. The molecule has 2 amide bonds. The first-order chi connectivity index (χ1) is 12.5. The monoisotopic (exact) mass is 357 g/mol. The van der Waals surface area contributed by atoms with Crippen LogP contribution in [0.25, 0.3) is 0 Å². The number of hydrogen-bond donors (Lipinski definition) is 2. The van der Waals surface area contributed by atoms with Gasteiger partial charge in [-0.05, 0) is 17.9 Å². The SMILES string of the molecule is Cn1cc([C@@H]2CN(C(=O)NCCc3ccccc3)C[C@@H]2CC(=O)O)nn1. The van der Waals surface area contributed by atoms with Crippen molar-refractivity contribution in [3.05, 3.63) is 47.8 Å². The highest BCUT2D eigenvalue weighted by Crippen LogP contribution is 2.33. The van der Waals surface area contributed by atoms with Crippen LogP contribution in [0.3, 0.4) is 0 Å². The van der Waals surface area contributed by atoms with E-state index in [-0.39, 0.29) is 24.3 Å². The Balaban J connectivity index is 1.59. The van der Waals surface area contributed by atoms with E-state index in [1.165, 1.54) is 0 Å². The third kappa shape index (κ3) is 4.38. The predicted octanol–water partition coefficient (Wildman–Crippen LogP) is 1.26. The van der Waals surface area contributed by atoms with Crippen molar-refractivity contribution in [3.8, 4) is 0 Å². The number of amides is 2. The van der Waals surface area contributed by atoms with E-state index in [0.717, 1.165) is 17.7 Å². The van der Waals surface area contributed by atoms with Gasteiger partial charge in [-0.1, -0.05) is 35.5 Å². The molecule has 1 fully saturated rings. The number of nitrogens with zero attached hydrogens (tertiary/aromatic N) is 4. The number of carbonyl (C=O) groups excluding carboxylic acids is 1. The summed E-state index contributed by atoms with van der Waals surface area (Å²) in [6.07, 6.45) is 2.55. The van der Waals surface area contributed by atoms with E-state index in [1.54, 1.807) is 22.8 Å². The van der Waals surface area contributed by atoms with Gasteiger partial charge in [-0.3, -0.25) is 9.48 Å². The standard InChI is InChI=1S/C18H23N5O3/c1-22-12-16(20-21-22)15-11-23(10-14(15)9-17(24)25)18(26)19-8-7-13-5-3-2-4-6-13/h2-6,12,14-15H,7-11H2,1H3,(H,19,26)(H,24,25)/t14-,15+/m0/s1. The summed E-state index contributed by atoms with van der Waals surface area (Å²) in [4.78, 5) is 25.3. The minimum absolute atomic E-state index is 0.00896. The average Bonchev–Trinajstić information content (AvgIpc) is 3.21. The Kier molecular flexibility index (Phi) is 5.50. The van der Waals surface area contributed by atoms with Gasteiger partial charge in [-0.15, -0.1) is 5.10 Å². The molecule has 2 atom stereocenters. The molecule has 138 valence electrons. The van der Waals surface area contributed by atoms with Crippen LogP contribution < -0.4 is 5.32 Å². The first kappa shape index (κ1) is 17.9. The molecule has 1 aromatic carbocycles.